The summed E-state index contributed by atoms with van der Waals surface area (Å²) in [6.07, 6.45) is 0.629. The van der Waals surface area contributed by atoms with Crippen molar-refractivity contribution >= 4 is 5.91 Å². The summed E-state index contributed by atoms with van der Waals surface area (Å²) in [5.41, 5.74) is 1.86. The number of ether oxygens (including phenoxy) is 1. The number of benzene rings is 2. The van der Waals surface area contributed by atoms with Crippen molar-refractivity contribution in [2.24, 2.45) is 0 Å². The van der Waals surface area contributed by atoms with E-state index in [9.17, 15) is 9.18 Å². The van der Waals surface area contributed by atoms with E-state index in [0.29, 0.717) is 25.3 Å². The molecule has 0 saturated carbocycles. The number of amides is 1. The van der Waals surface area contributed by atoms with Crippen molar-refractivity contribution < 1.29 is 13.9 Å². The van der Waals surface area contributed by atoms with Gasteiger partial charge >= 0.3 is 0 Å². The van der Waals surface area contributed by atoms with E-state index in [1.165, 1.54) is 12.1 Å². The normalized spacial score (nSPS) is 18.2. The summed E-state index contributed by atoms with van der Waals surface area (Å²) < 4.78 is 18.9. The van der Waals surface area contributed by atoms with Crippen LogP contribution in [0.4, 0.5) is 4.39 Å². The molecule has 0 bridgehead atoms. The van der Waals surface area contributed by atoms with Crippen LogP contribution in [0.2, 0.25) is 0 Å². The number of methoxy groups -OCH3 is 1. The molecule has 0 aromatic heterocycles. The molecule has 1 aliphatic rings. The first-order chi connectivity index (χ1) is 11.7. The van der Waals surface area contributed by atoms with E-state index in [2.05, 4.69) is 10.2 Å². The van der Waals surface area contributed by atoms with Crippen LogP contribution in [0, 0.1) is 5.82 Å². The Morgan fingerprint density at radius 2 is 2.04 bits per heavy atom. The third-order valence-electron chi connectivity index (χ3n) is 4.33. The lowest BCUT2D eigenvalue weighted by molar-refractivity contribution is -0.129. The summed E-state index contributed by atoms with van der Waals surface area (Å²) in [6, 6.07) is 14.1. The van der Waals surface area contributed by atoms with E-state index in [0.717, 1.165) is 17.7 Å². The van der Waals surface area contributed by atoms with Crippen LogP contribution in [0.3, 0.4) is 0 Å². The molecule has 126 valence electrons. The SMILES string of the molecule is COc1ccc(F)cc1CN1CCNC(=O)[C@@H]1Cc1ccccc1. The Balaban J connectivity index is 1.82. The smallest absolute Gasteiger partial charge is 0.237 e. The van der Waals surface area contributed by atoms with Gasteiger partial charge in [0.15, 0.2) is 0 Å². The molecule has 3 rings (SSSR count). The molecule has 1 saturated heterocycles. The van der Waals surface area contributed by atoms with Gasteiger partial charge in [0.1, 0.15) is 11.6 Å². The quantitative estimate of drug-likeness (QED) is 0.916. The lowest BCUT2D eigenvalue weighted by atomic mass is 10.0. The Kier molecular flexibility index (Phi) is 5.11. The summed E-state index contributed by atoms with van der Waals surface area (Å²) in [7, 11) is 1.57. The highest BCUT2D eigenvalue weighted by molar-refractivity contribution is 5.82. The van der Waals surface area contributed by atoms with Gasteiger partial charge in [-0.05, 0) is 30.2 Å². The van der Waals surface area contributed by atoms with Crippen LogP contribution in [-0.2, 0) is 17.8 Å². The van der Waals surface area contributed by atoms with Crippen LogP contribution in [0.15, 0.2) is 48.5 Å². The predicted octanol–water partition coefficient (Wildman–Crippen LogP) is 2.38. The molecule has 0 aliphatic carbocycles. The van der Waals surface area contributed by atoms with Crippen molar-refractivity contribution in [2.45, 2.75) is 19.0 Å². The summed E-state index contributed by atoms with van der Waals surface area (Å²) >= 11 is 0. The molecule has 5 heteroatoms. The molecule has 2 aromatic carbocycles. The van der Waals surface area contributed by atoms with Gasteiger partial charge in [0.2, 0.25) is 5.91 Å². The van der Waals surface area contributed by atoms with Gasteiger partial charge in [-0.25, -0.2) is 4.39 Å². The molecule has 0 unspecified atom stereocenters. The molecule has 4 nitrogen and oxygen atoms in total. The van der Waals surface area contributed by atoms with Crippen molar-refractivity contribution in [1.82, 2.24) is 10.2 Å². The number of rotatable bonds is 5. The Morgan fingerprint density at radius 1 is 1.25 bits per heavy atom. The zero-order chi connectivity index (χ0) is 16.9. The largest absolute Gasteiger partial charge is 0.496 e. The second-order valence-corrected chi connectivity index (χ2v) is 5.92. The molecule has 1 fully saturated rings. The van der Waals surface area contributed by atoms with Crippen LogP contribution in [-0.4, -0.2) is 37.0 Å². The number of nitrogens with one attached hydrogen (secondary N) is 1. The van der Waals surface area contributed by atoms with Crippen molar-refractivity contribution in [1.29, 1.82) is 0 Å². The fourth-order valence-electron chi connectivity index (χ4n) is 3.10. The maximum Gasteiger partial charge on any atom is 0.237 e. The lowest BCUT2D eigenvalue weighted by Crippen LogP contribution is -2.55. The number of halogens is 1. The van der Waals surface area contributed by atoms with Crippen molar-refractivity contribution in [3.05, 3.63) is 65.5 Å². The topological polar surface area (TPSA) is 41.6 Å². The van der Waals surface area contributed by atoms with Gasteiger partial charge < -0.3 is 10.1 Å². The number of carbonyl (C=O) groups is 1. The zero-order valence-corrected chi connectivity index (χ0v) is 13.7. The average Bonchev–Trinajstić information content (AvgIpc) is 2.59. The second-order valence-electron chi connectivity index (χ2n) is 5.92. The minimum absolute atomic E-state index is 0.0143. The maximum absolute atomic E-state index is 13.6. The standard InChI is InChI=1S/C19H21FN2O2/c1-24-18-8-7-16(20)12-15(18)13-22-10-9-21-19(23)17(22)11-14-5-3-2-4-6-14/h2-8,12,17H,9-11,13H2,1H3,(H,21,23)/t17-/m0/s1. The number of hydrogen-bond acceptors (Lipinski definition) is 3. The fraction of sp³-hybridized carbons (Fsp3) is 0.316. The van der Waals surface area contributed by atoms with Crippen molar-refractivity contribution in [2.75, 3.05) is 20.2 Å². The number of piperazine rings is 1. The van der Waals surface area contributed by atoms with Gasteiger partial charge in [-0.1, -0.05) is 30.3 Å². The molecule has 1 heterocycles. The number of hydrogen-bond donors (Lipinski definition) is 1. The predicted molar refractivity (Wildman–Crippen MR) is 90.3 cm³/mol. The zero-order valence-electron chi connectivity index (χ0n) is 13.7. The molecule has 0 radical (unpaired) electrons. The van der Waals surface area contributed by atoms with Gasteiger partial charge in [-0.15, -0.1) is 0 Å². The first-order valence-electron chi connectivity index (χ1n) is 8.05. The fourth-order valence-corrected chi connectivity index (χ4v) is 3.10. The molecule has 1 atom stereocenters. The first-order valence-corrected chi connectivity index (χ1v) is 8.05. The van der Waals surface area contributed by atoms with Gasteiger partial charge in [-0.3, -0.25) is 9.69 Å². The maximum atomic E-state index is 13.6. The monoisotopic (exact) mass is 328 g/mol. The first kappa shape index (κ1) is 16.5. The highest BCUT2D eigenvalue weighted by Gasteiger charge is 2.30. The van der Waals surface area contributed by atoms with Crippen LogP contribution >= 0.6 is 0 Å². The third kappa shape index (κ3) is 3.74. The minimum atomic E-state index is -0.299. The third-order valence-corrected chi connectivity index (χ3v) is 4.33. The molecule has 1 aliphatic heterocycles. The second kappa shape index (κ2) is 7.45. The molecule has 1 N–H and O–H groups in total. The average molecular weight is 328 g/mol. The molecule has 0 spiro atoms. The lowest BCUT2D eigenvalue weighted by Gasteiger charge is -2.35. The van der Waals surface area contributed by atoms with Crippen LogP contribution < -0.4 is 10.1 Å². The summed E-state index contributed by atoms with van der Waals surface area (Å²) in [5.74, 6) is 0.355. The number of nitrogens with zero attached hydrogens (tertiary/aromatic N) is 1. The van der Waals surface area contributed by atoms with E-state index in [1.807, 2.05) is 30.3 Å². The molecule has 2 aromatic rings. The van der Waals surface area contributed by atoms with Crippen LogP contribution in [0.5, 0.6) is 5.75 Å². The summed E-state index contributed by atoms with van der Waals surface area (Å²) in [4.78, 5) is 14.4. The number of carbonyl (C=O) groups excluding carboxylic acids is 1. The van der Waals surface area contributed by atoms with Crippen LogP contribution in [0.1, 0.15) is 11.1 Å². The van der Waals surface area contributed by atoms with E-state index in [4.69, 9.17) is 4.74 Å². The van der Waals surface area contributed by atoms with Crippen molar-refractivity contribution in [3.8, 4) is 5.75 Å². The van der Waals surface area contributed by atoms with Gasteiger partial charge in [0.25, 0.3) is 0 Å². The molecule has 1 amide bonds. The van der Waals surface area contributed by atoms with Gasteiger partial charge in [-0.2, -0.15) is 0 Å². The highest BCUT2D eigenvalue weighted by Crippen LogP contribution is 2.23. The summed E-state index contributed by atoms with van der Waals surface area (Å²) in [6.45, 7) is 1.80. The van der Waals surface area contributed by atoms with Gasteiger partial charge in [0, 0.05) is 25.2 Å². The Morgan fingerprint density at radius 3 is 2.79 bits per heavy atom. The van der Waals surface area contributed by atoms with Crippen LogP contribution in [0.25, 0.3) is 0 Å². The van der Waals surface area contributed by atoms with E-state index in [1.54, 1.807) is 13.2 Å². The Bertz CT molecular complexity index is 706. The molecular weight excluding hydrogens is 307 g/mol. The van der Waals surface area contributed by atoms with E-state index < -0.39 is 0 Å². The van der Waals surface area contributed by atoms with Crippen molar-refractivity contribution in [3.63, 3.8) is 0 Å². The Labute approximate surface area is 141 Å². The summed E-state index contributed by atoms with van der Waals surface area (Å²) in [5, 5.41) is 2.92. The molecule has 24 heavy (non-hydrogen) atoms. The van der Waals surface area contributed by atoms with Gasteiger partial charge in [0.05, 0.1) is 13.2 Å². The van der Waals surface area contributed by atoms with E-state index >= 15 is 0 Å². The minimum Gasteiger partial charge on any atom is -0.496 e. The van der Waals surface area contributed by atoms with E-state index in [-0.39, 0.29) is 17.8 Å². The highest BCUT2D eigenvalue weighted by atomic mass is 19.1. The Hall–Kier alpha value is -2.40. The molecular formula is C19H21FN2O2.